The summed E-state index contributed by atoms with van der Waals surface area (Å²) in [5.74, 6) is -0.490. The van der Waals surface area contributed by atoms with Crippen molar-refractivity contribution >= 4 is 40.2 Å². The number of phenols is 1. The zero-order valence-electron chi connectivity index (χ0n) is 23.5. The summed E-state index contributed by atoms with van der Waals surface area (Å²) in [7, 11) is 0. The Morgan fingerprint density at radius 3 is 2.42 bits per heavy atom. The van der Waals surface area contributed by atoms with Crippen molar-refractivity contribution in [1.29, 1.82) is 0 Å². The molecule has 0 radical (unpaired) electrons. The van der Waals surface area contributed by atoms with E-state index in [2.05, 4.69) is 5.32 Å². The molecule has 4 aromatic rings. The average Bonchev–Trinajstić information content (AvgIpc) is 3.02. The molecule has 4 aromatic carbocycles. The van der Waals surface area contributed by atoms with Crippen LogP contribution in [0.15, 0.2) is 91.0 Å². The van der Waals surface area contributed by atoms with E-state index in [1.807, 2.05) is 61.5 Å². The lowest BCUT2D eigenvalue weighted by Gasteiger charge is -2.54. The average molecular weight is 599 g/mol. The van der Waals surface area contributed by atoms with Crippen LogP contribution in [-0.2, 0) is 33.9 Å². The molecule has 10 heteroatoms. The molecule has 2 heterocycles. The molecule has 0 bridgehead atoms. The molecular formula is C33H31ClN4O5. The van der Waals surface area contributed by atoms with Gasteiger partial charge in [-0.15, -0.1) is 0 Å². The van der Waals surface area contributed by atoms with Crippen molar-refractivity contribution < 1.29 is 24.3 Å². The highest BCUT2D eigenvalue weighted by atomic mass is 35.5. The zero-order valence-corrected chi connectivity index (χ0v) is 24.3. The predicted molar refractivity (Wildman–Crippen MR) is 162 cm³/mol. The van der Waals surface area contributed by atoms with Crippen molar-refractivity contribution in [3.8, 4) is 5.75 Å². The summed E-state index contributed by atoms with van der Waals surface area (Å²) in [6.45, 7) is 1.96. The molecule has 6 rings (SSSR count). The molecule has 2 N–H and O–H groups in total. The molecule has 2 fully saturated rings. The lowest BCUT2D eigenvalue weighted by Crippen LogP contribution is -2.75. The van der Waals surface area contributed by atoms with E-state index in [0.717, 1.165) is 27.5 Å². The maximum absolute atomic E-state index is 14.3. The topological polar surface area (TPSA) is 102 Å². The highest BCUT2D eigenvalue weighted by Crippen LogP contribution is 2.33. The number of hydroxylamine groups is 2. The van der Waals surface area contributed by atoms with Gasteiger partial charge in [0.15, 0.2) is 12.8 Å². The number of carbonyl (C=O) groups is 3. The molecule has 2 aliphatic heterocycles. The number of rotatable bonds is 6. The van der Waals surface area contributed by atoms with Crippen LogP contribution in [0.25, 0.3) is 10.8 Å². The smallest absolute Gasteiger partial charge is 0.343 e. The summed E-state index contributed by atoms with van der Waals surface area (Å²) in [6.07, 6.45) is -0.665. The van der Waals surface area contributed by atoms with Crippen LogP contribution in [0.1, 0.15) is 23.6 Å². The number of aromatic hydroxyl groups is 1. The van der Waals surface area contributed by atoms with Crippen LogP contribution < -0.4 is 5.32 Å². The van der Waals surface area contributed by atoms with E-state index in [9.17, 15) is 19.5 Å². The lowest BCUT2D eigenvalue weighted by atomic mass is 9.94. The summed E-state index contributed by atoms with van der Waals surface area (Å²) in [5, 5.41) is 16.5. The number of amides is 4. The second-order valence-electron chi connectivity index (χ2n) is 10.8. The van der Waals surface area contributed by atoms with Crippen molar-refractivity contribution in [3.63, 3.8) is 0 Å². The van der Waals surface area contributed by atoms with Crippen LogP contribution in [0.5, 0.6) is 5.75 Å². The van der Waals surface area contributed by atoms with E-state index in [4.69, 9.17) is 16.4 Å². The SMILES string of the molecule is C[C@H]1[C@@H]2N(C(=O)NCc3ccc(Cl)cc3)OCC(=O)N2[C@@H](Cc2ccc(O)cc2)C(=O)N1Cc1cccc2ccccc12. The molecule has 2 saturated heterocycles. The fourth-order valence-corrected chi connectivity index (χ4v) is 6.03. The zero-order chi connectivity index (χ0) is 30.1. The maximum atomic E-state index is 14.3. The Morgan fingerprint density at radius 1 is 0.953 bits per heavy atom. The number of fused-ring (bicyclic) bond motifs is 2. The van der Waals surface area contributed by atoms with Gasteiger partial charge in [-0.05, 0) is 58.7 Å². The molecule has 2 aliphatic rings. The Labute approximate surface area is 254 Å². The normalized spacial score (nSPS) is 20.3. The number of urea groups is 1. The first-order valence-corrected chi connectivity index (χ1v) is 14.5. The molecule has 0 aromatic heterocycles. The molecule has 220 valence electrons. The van der Waals surface area contributed by atoms with Crippen LogP contribution in [-0.4, -0.2) is 62.7 Å². The van der Waals surface area contributed by atoms with Gasteiger partial charge in [-0.1, -0.05) is 78.3 Å². The Hall–Kier alpha value is -4.60. The second kappa shape index (κ2) is 11.9. The van der Waals surface area contributed by atoms with Gasteiger partial charge in [0.05, 0.1) is 6.04 Å². The first-order valence-electron chi connectivity index (χ1n) is 14.1. The third-order valence-corrected chi connectivity index (χ3v) is 8.36. The Morgan fingerprint density at radius 2 is 1.65 bits per heavy atom. The largest absolute Gasteiger partial charge is 0.508 e. The summed E-state index contributed by atoms with van der Waals surface area (Å²) >= 11 is 6.00. The number of nitrogens with zero attached hydrogens (tertiary/aromatic N) is 3. The van der Waals surface area contributed by atoms with Crippen molar-refractivity contribution in [2.75, 3.05) is 6.61 Å². The summed E-state index contributed by atoms with van der Waals surface area (Å²) in [5.41, 5.74) is 2.57. The monoisotopic (exact) mass is 598 g/mol. The highest BCUT2D eigenvalue weighted by molar-refractivity contribution is 6.30. The van der Waals surface area contributed by atoms with Gasteiger partial charge >= 0.3 is 6.03 Å². The van der Waals surface area contributed by atoms with E-state index in [1.165, 1.54) is 9.96 Å². The van der Waals surface area contributed by atoms with E-state index < -0.39 is 24.3 Å². The number of carbonyl (C=O) groups excluding carboxylic acids is 3. The number of nitrogens with one attached hydrogen (secondary N) is 1. The standard InChI is InChI=1S/C33H31ClN4O5/c1-21-31-37(30(40)20-43-38(31)33(42)35-18-23-9-13-26(34)14-10-23)29(17-22-11-15-27(39)16-12-22)32(41)36(21)19-25-7-4-6-24-5-2-3-8-28(24)25/h2-16,21,29,31,39H,17-20H2,1H3,(H,35,42)/t21-,29-,31-/m0/s1. The third-order valence-electron chi connectivity index (χ3n) is 8.11. The molecule has 0 aliphatic carbocycles. The maximum Gasteiger partial charge on any atom is 0.343 e. The number of piperazine rings is 1. The molecule has 0 spiro atoms. The number of hydrogen-bond donors (Lipinski definition) is 2. The molecular weight excluding hydrogens is 568 g/mol. The van der Waals surface area contributed by atoms with Gasteiger partial charge in [0.2, 0.25) is 5.91 Å². The van der Waals surface area contributed by atoms with Gasteiger partial charge in [-0.25, -0.2) is 4.79 Å². The fraction of sp³-hybridized carbons (Fsp3) is 0.242. The van der Waals surface area contributed by atoms with Gasteiger partial charge in [0.25, 0.3) is 5.91 Å². The van der Waals surface area contributed by atoms with Gasteiger partial charge in [0.1, 0.15) is 11.8 Å². The van der Waals surface area contributed by atoms with Gasteiger partial charge in [0, 0.05) is 24.5 Å². The minimum atomic E-state index is -0.885. The summed E-state index contributed by atoms with van der Waals surface area (Å²) < 4.78 is 0. The van der Waals surface area contributed by atoms with E-state index in [0.29, 0.717) is 5.02 Å². The van der Waals surface area contributed by atoms with E-state index >= 15 is 0 Å². The second-order valence-corrected chi connectivity index (χ2v) is 11.3. The minimum Gasteiger partial charge on any atom is -0.508 e. The molecule has 9 nitrogen and oxygen atoms in total. The van der Waals surface area contributed by atoms with Crippen LogP contribution in [0, 0.1) is 0 Å². The summed E-state index contributed by atoms with van der Waals surface area (Å²) in [4.78, 5) is 50.2. The van der Waals surface area contributed by atoms with Gasteiger partial charge in [-0.2, -0.15) is 5.06 Å². The minimum absolute atomic E-state index is 0.105. The number of halogens is 1. The highest BCUT2D eigenvalue weighted by Gasteiger charge is 2.53. The third kappa shape index (κ3) is 5.74. The van der Waals surface area contributed by atoms with Crippen molar-refractivity contribution in [2.24, 2.45) is 0 Å². The predicted octanol–water partition coefficient (Wildman–Crippen LogP) is 4.85. The lowest BCUT2D eigenvalue weighted by molar-refractivity contribution is -0.245. The van der Waals surface area contributed by atoms with Crippen molar-refractivity contribution in [2.45, 2.75) is 44.7 Å². The van der Waals surface area contributed by atoms with Crippen LogP contribution >= 0.6 is 11.6 Å². The molecule has 0 unspecified atom stereocenters. The van der Waals surface area contributed by atoms with E-state index in [-0.39, 0.29) is 43.7 Å². The van der Waals surface area contributed by atoms with Crippen molar-refractivity contribution in [3.05, 3.63) is 113 Å². The van der Waals surface area contributed by atoms with Crippen LogP contribution in [0.3, 0.4) is 0 Å². The van der Waals surface area contributed by atoms with Gasteiger partial charge < -0.3 is 20.2 Å². The first-order chi connectivity index (χ1) is 20.8. The molecule has 0 saturated carbocycles. The fourth-order valence-electron chi connectivity index (χ4n) is 5.91. The van der Waals surface area contributed by atoms with Crippen molar-refractivity contribution in [1.82, 2.24) is 20.2 Å². The first kappa shape index (κ1) is 28.5. The number of benzene rings is 4. The Kier molecular flexibility index (Phi) is 7.92. The summed E-state index contributed by atoms with van der Waals surface area (Å²) in [6, 6.07) is 25.6. The number of hydrogen-bond acceptors (Lipinski definition) is 5. The molecule has 43 heavy (non-hydrogen) atoms. The Bertz CT molecular complexity index is 1660. The number of phenolic OH excluding ortho intramolecular Hbond substituents is 1. The Balaban J connectivity index is 1.34. The van der Waals surface area contributed by atoms with Crippen LogP contribution in [0.2, 0.25) is 5.02 Å². The molecule has 3 atom stereocenters. The van der Waals surface area contributed by atoms with Gasteiger partial charge in [-0.3, -0.25) is 14.4 Å². The van der Waals surface area contributed by atoms with E-state index in [1.54, 1.807) is 41.3 Å². The quantitative estimate of drug-likeness (QED) is 0.330. The molecule has 4 amide bonds. The van der Waals surface area contributed by atoms with Crippen LogP contribution in [0.4, 0.5) is 4.79 Å².